The van der Waals surface area contributed by atoms with Crippen molar-refractivity contribution in [1.82, 2.24) is 10.6 Å². The number of amides is 2. The van der Waals surface area contributed by atoms with E-state index in [1.165, 1.54) is 0 Å². The van der Waals surface area contributed by atoms with Crippen LogP contribution in [0.3, 0.4) is 0 Å². The van der Waals surface area contributed by atoms with E-state index < -0.39 is 0 Å². The Balaban J connectivity index is 1.99. The molecule has 7 nitrogen and oxygen atoms in total. The van der Waals surface area contributed by atoms with Gasteiger partial charge in [-0.1, -0.05) is 12.1 Å². The number of rotatable bonds is 8. The van der Waals surface area contributed by atoms with Crippen LogP contribution in [0.1, 0.15) is 27.6 Å². The van der Waals surface area contributed by atoms with Crippen LogP contribution in [-0.2, 0) is 4.74 Å². The molecule has 2 aromatic carbocycles. The zero-order valence-electron chi connectivity index (χ0n) is 15.8. The third-order valence-corrected chi connectivity index (χ3v) is 3.87. The molecule has 0 aromatic heterocycles. The highest BCUT2D eigenvalue weighted by Gasteiger charge is 2.13. The molecular formula is C20H23N3O4S. The Kier molecular flexibility index (Phi) is 8.38. The number of para-hydroxylation sites is 1. The van der Waals surface area contributed by atoms with Crippen LogP contribution in [0.25, 0.3) is 0 Å². The summed E-state index contributed by atoms with van der Waals surface area (Å²) >= 11 is 5.21. The maximum atomic E-state index is 12.3. The zero-order chi connectivity index (χ0) is 20.4. The second kappa shape index (κ2) is 11.0. The number of methoxy groups -OCH3 is 1. The fourth-order valence-electron chi connectivity index (χ4n) is 2.35. The lowest BCUT2D eigenvalue weighted by Crippen LogP contribution is -2.35. The molecule has 0 unspecified atom stereocenters. The Morgan fingerprint density at radius 2 is 1.75 bits per heavy atom. The maximum absolute atomic E-state index is 12.3. The number of thiocarbonyl (C=S) groups is 1. The van der Waals surface area contributed by atoms with Crippen LogP contribution in [0.15, 0.2) is 48.5 Å². The van der Waals surface area contributed by atoms with Gasteiger partial charge >= 0.3 is 0 Å². The van der Waals surface area contributed by atoms with Crippen LogP contribution in [0.2, 0.25) is 0 Å². The van der Waals surface area contributed by atoms with E-state index in [-0.39, 0.29) is 16.9 Å². The first kappa shape index (κ1) is 21.3. The summed E-state index contributed by atoms with van der Waals surface area (Å²) in [7, 11) is 1.56. The standard InChI is InChI=1S/C20H23N3O4S/c1-3-27-15-10-8-14(9-11-15)18(24)23-20(28)22-17-7-5-4-6-16(17)19(25)21-12-13-26-2/h4-11H,3,12-13H2,1-2H3,(H,21,25)(H2,22,23,24,28). The Morgan fingerprint density at radius 3 is 2.43 bits per heavy atom. The zero-order valence-corrected chi connectivity index (χ0v) is 16.6. The summed E-state index contributed by atoms with van der Waals surface area (Å²) in [5.74, 6) is 0.0662. The Bertz CT molecular complexity index is 824. The second-order valence-electron chi connectivity index (χ2n) is 5.66. The van der Waals surface area contributed by atoms with Crippen molar-refractivity contribution in [3.63, 3.8) is 0 Å². The third kappa shape index (κ3) is 6.33. The topological polar surface area (TPSA) is 88.7 Å². The van der Waals surface area contributed by atoms with Crippen molar-refractivity contribution in [3.05, 3.63) is 59.7 Å². The van der Waals surface area contributed by atoms with Crippen LogP contribution >= 0.6 is 12.2 Å². The fraction of sp³-hybridized carbons (Fsp3) is 0.250. The van der Waals surface area contributed by atoms with Crippen molar-refractivity contribution in [1.29, 1.82) is 0 Å². The molecule has 28 heavy (non-hydrogen) atoms. The molecule has 0 saturated heterocycles. The van der Waals surface area contributed by atoms with Gasteiger partial charge in [-0.2, -0.15) is 0 Å². The van der Waals surface area contributed by atoms with Gasteiger partial charge in [0.05, 0.1) is 24.5 Å². The van der Waals surface area contributed by atoms with Crippen LogP contribution in [0.5, 0.6) is 5.75 Å². The molecule has 2 aromatic rings. The highest BCUT2D eigenvalue weighted by Crippen LogP contribution is 2.15. The van der Waals surface area contributed by atoms with E-state index >= 15 is 0 Å². The number of carbonyl (C=O) groups excluding carboxylic acids is 2. The SMILES string of the molecule is CCOc1ccc(C(=O)NC(=S)Nc2ccccc2C(=O)NCCOC)cc1. The van der Waals surface area contributed by atoms with Crippen LogP contribution in [-0.4, -0.2) is 43.8 Å². The molecular weight excluding hydrogens is 378 g/mol. The molecule has 2 amide bonds. The summed E-state index contributed by atoms with van der Waals surface area (Å²) in [4.78, 5) is 24.6. The summed E-state index contributed by atoms with van der Waals surface area (Å²) < 4.78 is 10.3. The molecule has 0 aliphatic carbocycles. The predicted octanol–water partition coefficient (Wildman–Crippen LogP) is 2.59. The molecule has 0 saturated carbocycles. The molecule has 8 heteroatoms. The van der Waals surface area contributed by atoms with Gasteiger partial charge in [0.25, 0.3) is 11.8 Å². The fourth-order valence-corrected chi connectivity index (χ4v) is 2.55. The lowest BCUT2D eigenvalue weighted by Gasteiger charge is -2.13. The molecule has 2 rings (SSSR count). The predicted molar refractivity (Wildman–Crippen MR) is 112 cm³/mol. The Hall–Kier alpha value is -2.97. The molecule has 0 spiro atoms. The van der Waals surface area contributed by atoms with Crippen molar-refractivity contribution in [2.75, 3.05) is 32.2 Å². The minimum atomic E-state index is -0.359. The van der Waals surface area contributed by atoms with Crippen LogP contribution in [0, 0.1) is 0 Å². The molecule has 0 atom stereocenters. The van der Waals surface area contributed by atoms with Crippen molar-refractivity contribution >= 4 is 34.8 Å². The number of anilines is 1. The normalized spacial score (nSPS) is 10.1. The van der Waals surface area contributed by atoms with Crippen molar-refractivity contribution in [2.45, 2.75) is 6.92 Å². The van der Waals surface area contributed by atoms with Gasteiger partial charge in [0.2, 0.25) is 0 Å². The summed E-state index contributed by atoms with van der Waals surface area (Å²) in [6.45, 7) is 3.25. The number of hydrogen-bond acceptors (Lipinski definition) is 5. The van der Waals surface area contributed by atoms with Gasteiger partial charge in [-0.15, -0.1) is 0 Å². The summed E-state index contributed by atoms with van der Waals surface area (Å²) in [5, 5.41) is 8.34. The Labute approximate surface area is 169 Å². The van der Waals surface area contributed by atoms with E-state index in [0.717, 1.165) is 0 Å². The van der Waals surface area contributed by atoms with Crippen LogP contribution < -0.4 is 20.7 Å². The quantitative estimate of drug-likeness (QED) is 0.465. The van der Waals surface area contributed by atoms with Crippen molar-refractivity contribution in [3.8, 4) is 5.75 Å². The van der Waals surface area contributed by atoms with Crippen LogP contribution in [0.4, 0.5) is 5.69 Å². The van der Waals surface area contributed by atoms with E-state index in [4.69, 9.17) is 21.7 Å². The van der Waals surface area contributed by atoms with Gasteiger partial charge < -0.3 is 20.1 Å². The number of nitrogens with one attached hydrogen (secondary N) is 3. The Morgan fingerprint density at radius 1 is 1.04 bits per heavy atom. The molecule has 0 heterocycles. The third-order valence-electron chi connectivity index (χ3n) is 3.67. The lowest BCUT2D eigenvalue weighted by molar-refractivity contribution is 0.0936. The number of ether oxygens (including phenoxy) is 2. The van der Waals surface area contributed by atoms with Gasteiger partial charge in [-0.05, 0) is 55.5 Å². The molecule has 0 aliphatic rings. The monoisotopic (exact) mass is 401 g/mol. The molecule has 3 N–H and O–H groups in total. The van der Waals surface area contributed by atoms with Crippen molar-refractivity contribution < 1.29 is 19.1 Å². The summed E-state index contributed by atoms with van der Waals surface area (Å²) in [6.07, 6.45) is 0. The molecule has 0 fully saturated rings. The van der Waals surface area contributed by atoms with E-state index in [9.17, 15) is 9.59 Å². The highest BCUT2D eigenvalue weighted by atomic mass is 32.1. The minimum absolute atomic E-state index is 0.0935. The van der Waals surface area contributed by atoms with Gasteiger partial charge in [-0.25, -0.2) is 0 Å². The van der Waals surface area contributed by atoms with Gasteiger partial charge in [0.1, 0.15) is 5.75 Å². The number of carbonyl (C=O) groups is 2. The first-order chi connectivity index (χ1) is 13.5. The molecule has 0 aliphatic heterocycles. The van der Waals surface area contributed by atoms with Gasteiger partial charge in [0, 0.05) is 19.2 Å². The minimum Gasteiger partial charge on any atom is -0.494 e. The van der Waals surface area contributed by atoms with Gasteiger partial charge in [-0.3, -0.25) is 14.9 Å². The maximum Gasteiger partial charge on any atom is 0.257 e. The highest BCUT2D eigenvalue weighted by molar-refractivity contribution is 7.80. The van der Waals surface area contributed by atoms with E-state index in [0.29, 0.717) is 42.3 Å². The van der Waals surface area contributed by atoms with Gasteiger partial charge in [0.15, 0.2) is 5.11 Å². The van der Waals surface area contributed by atoms with Crippen molar-refractivity contribution in [2.24, 2.45) is 0 Å². The first-order valence-electron chi connectivity index (χ1n) is 8.76. The number of benzene rings is 2. The summed E-state index contributed by atoms with van der Waals surface area (Å²) in [5.41, 5.74) is 1.35. The lowest BCUT2D eigenvalue weighted by atomic mass is 10.1. The summed E-state index contributed by atoms with van der Waals surface area (Å²) in [6, 6.07) is 13.6. The first-order valence-corrected chi connectivity index (χ1v) is 9.17. The number of hydrogen-bond donors (Lipinski definition) is 3. The molecule has 0 bridgehead atoms. The van der Waals surface area contributed by atoms with E-state index in [2.05, 4.69) is 16.0 Å². The van der Waals surface area contributed by atoms with E-state index in [1.54, 1.807) is 55.6 Å². The molecule has 148 valence electrons. The average Bonchev–Trinajstić information content (AvgIpc) is 2.69. The molecule has 0 radical (unpaired) electrons. The van der Waals surface area contributed by atoms with E-state index in [1.807, 2.05) is 6.92 Å². The largest absolute Gasteiger partial charge is 0.494 e. The smallest absolute Gasteiger partial charge is 0.257 e. The average molecular weight is 401 g/mol. The second-order valence-corrected chi connectivity index (χ2v) is 6.07.